The minimum atomic E-state index is -0.942. The third-order valence-corrected chi connectivity index (χ3v) is 11.3. The molecule has 1 heterocycles. The lowest BCUT2D eigenvalue weighted by molar-refractivity contribution is -0.174. The number of hydrogen-bond acceptors (Lipinski definition) is 5. The number of hydrogen-bond donors (Lipinski definition) is 4. The van der Waals surface area contributed by atoms with Crippen LogP contribution in [0.4, 0.5) is 0 Å². The summed E-state index contributed by atoms with van der Waals surface area (Å²) in [5, 5.41) is 43.3. The molecule has 0 aromatic rings. The molecule has 4 aliphatic rings. The molecular weight excluding hydrogens is 456 g/mol. The van der Waals surface area contributed by atoms with Gasteiger partial charge in [0.25, 0.3) is 0 Å². The fourth-order valence-electron chi connectivity index (χ4n) is 9.48. The van der Waals surface area contributed by atoms with Crippen molar-refractivity contribution in [3.05, 3.63) is 23.8 Å². The maximum Gasteiger partial charge on any atom is 0.303 e. The van der Waals surface area contributed by atoms with Crippen LogP contribution in [0, 0.1) is 34.0 Å². The number of allylic oxidation sites excluding steroid dienone is 2. The number of fused-ring (bicyclic) bond motifs is 3. The third-order valence-electron chi connectivity index (χ3n) is 11.3. The Bertz CT molecular complexity index is 950. The Morgan fingerprint density at radius 2 is 1.81 bits per heavy atom. The molecule has 0 aromatic heterocycles. The minimum Gasteiger partial charge on any atom is -0.481 e. The van der Waals surface area contributed by atoms with Crippen LogP contribution < -0.4 is 0 Å². The van der Waals surface area contributed by atoms with Gasteiger partial charge in [0.05, 0.1) is 29.5 Å². The van der Waals surface area contributed by atoms with Gasteiger partial charge in [-0.05, 0) is 88.4 Å². The highest BCUT2D eigenvalue weighted by Gasteiger charge is 2.70. The van der Waals surface area contributed by atoms with E-state index in [9.17, 15) is 25.2 Å². The second kappa shape index (κ2) is 8.65. The average Bonchev–Trinajstić information content (AvgIpc) is 3.22. The number of carboxylic acid groups (broad SMARTS) is 1. The molecule has 36 heavy (non-hydrogen) atoms. The van der Waals surface area contributed by atoms with Gasteiger partial charge >= 0.3 is 5.97 Å². The van der Waals surface area contributed by atoms with Gasteiger partial charge in [-0.15, -0.1) is 0 Å². The maximum absolute atomic E-state index is 11.6. The van der Waals surface area contributed by atoms with Gasteiger partial charge in [-0.2, -0.15) is 0 Å². The number of carboxylic acids is 1. The molecule has 1 aliphatic heterocycles. The van der Waals surface area contributed by atoms with E-state index in [-0.39, 0.29) is 41.1 Å². The van der Waals surface area contributed by atoms with E-state index in [2.05, 4.69) is 40.3 Å². The molecular formula is C30H48O6. The van der Waals surface area contributed by atoms with Gasteiger partial charge in [0.1, 0.15) is 0 Å². The lowest BCUT2D eigenvalue weighted by Crippen LogP contribution is -2.57. The van der Waals surface area contributed by atoms with E-state index >= 15 is 0 Å². The normalized spacial score (nSPS) is 48.8. The largest absolute Gasteiger partial charge is 0.481 e. The van der Waals surface area contributed by atoms with Gasteiger partial charge in [-0.3, -0.25) is 4.79 Å². The molecule has 0 aromatic carbocycles. The second-order valence-corrected chi connectivity index (χ2v) is 14.1. The maximum atomic E-state index is 11.6. The minimum absolute atomic E-state index is 0.0374. The highest BCUT2D eigenvalue weighted by atomic mass is 16.5. The third kappa shape index (κ3) is 3.93. The van der Waals surface area contributed by atoms with Crippen LogP contribution in [0.25, 0.3) is 0 Å². The first-order valence-electron chi connectivity index (χ1n) is 13.7. The van der Waals surface area contributed by atoms with Crippen LogP contribution in [0.5, 0.6) is 0 Å². The zero-order chi connectivity index (χ0) is 27.1. The summed E-state index contributed by atoms with van der Waals surface area (Å²) in [6.45, 7) is 18.5. The lowest BCUT2D eigenvalue weighted by Gasteiger charge is -2.61. The van der Waals surface area contributed by atoms with Crippen molar-refractivity contribution in [2.24, 2.45) is 34.0 Å². The molecule has 2 saturated carbocycles. The van der Waals surface area contributed by atoms with Gasteiger partial charge in [-0.25, -0.2) is 0 Å². The first kappa shape index (κ1) is 27.8. The zero-order valence-corrected chi connectivity index (χ0v) is 23.3. The summed E-state index contributed by atoms with van der Waals surface area (Å²) in [6.07, 6.45) is 4.87. The molecule has 10 atom stereocenters. The fraction of sp³-hybridized carbons (Fsp3) is 0.833. The Morgan fingerprint density at radius 3 is 2.33 bits per heavy atom. The zero-order valence-electron chi connectivity index (χ0n) is 23.3. The van der Waals surface area contributed by atoms with Crippen LogP contribution in [0.2, 0.25) is 0 Å². The van der Waals surface area contributed by atoms with Crippen LogP contribution in [0.15, 0.2) is 23.8 Å². The summed E-state index contributed by atoms with van der Waals surface area (Å²) in [5.41, 5.74) is -0.424. The van der Waals surface area contributed by atoms with Crippen molar-refractivity contribution >= 4 is 5.97 Å². The number of aliphatic hydroxyl groups excluding tert-OH is 2. The Labute approximate surface area is 216 Å². The molecule has 0 radical (unpaired) electrons. The highest BCUT2D eigenvalue weighted by molar-refractivity contribution is 5.66. The van der Waals surface area contributed by atoms with E-state index in [0.717, 1.165) is 24.8 Å². The van der Waals surface area contributed by atoms with Crippen molar-refractivity contribution < 1.29 is 30.0 Å². The van der Waals surface area contributed by atoms with Gasteiger partial charge < -0.3 is 25.2 Å². The van der Waals surface area contributed by atoms with E-state index in [1.807, 2.05) is 6.92 Å². The molecule has 4 N–H and O–H groups in total. The second-order valence-electron chi connectivity index (χ2n) is 14.1. The first-order chi connectivity index (χ1) is 16.4. The summed E-state index contributed by atoms with van der Waals surface area (Å²) < 4.78 is 6.58. The molecule has 4 rings (SSSR count). The molecule has 0 spiro atoms. The number of ether oxygens (including phenoxy) is 1. The van der Waals surface area contributed by atoms with E-state index in [1.54, 1.807) is 13.8 Å². The van der Waals surface area contributed by atoms with Gasteiger partial charge in [-0.1, -0.05) is 44.6 Å². The van der Waals surface area contributed by atoms with Crippen molar-refractivity contribution in [1.29, 1.82) is 0 Å². The molecule has 6 heteroatoms. The Morgan fingerprint density at radius 1 is 1.17 bits per heavy atom. The van der Waals surface area contributed by atoms with Gasteiger partial charge in [0.2, 0.25) is 0 Å². The van der Waals surface area contributed by atoms with Crippen LogP contribution in [0.3, 0.4) is 0 Å². The summed E-state index contributed by atoms with van der Waals surface area (Å²) in [5.74, 6) is -1.10. The summed E-state index contributed by atoms with van der Waals surface area (Å²) in [4.78, 5) is 11.6. The SMILES string of the molecule is C=C(C)[C@@H]1[C@@H](O)CC2C(=CC[C@]3(C)[C@@H]([C@@]4(C)CC[C@@H](C(C)(C)O)O4)[C@@H](O)C[C@@]23C)[C@@]1(C)CCC(=O)O. The molecule has 6 nitrogen and oxygen atoms in total. The Kier molecular flexibility index (Phi) is 6.69. The van der Waals surface area contributed by atoms with Crippen LogP contribution in [-0.2, 0) is 9.53 Å². The molecule has 0 amide bonds. The molecule has 0 bridgehead atoms. The number of rotatable bonds is 6. The summed E-state index contributed by atoms with van der Waals surface area (Å²) in [7, 11) is 0. The predicted octanol–water partition coefficient (Wildman–Crippen LogP) is 4.86. The lowest BCUT2D eigenvalue weighted by atomic mass is 9.44. The molecule has 1 unspecified atom stereocenters. The van der Waals surface area contributed by atoms with Crippen molar-refractivity contribution in [2.75, 3.05) is 0 Å². The molecule has 204 valence electrons. The monoisotopic (exact) mass is 504 g/mol. The van der Waals surface area contributed by atoms with Crippen molar-refractivity contribution in [1.82, 2.24) is 0 Å². The van der Waals surface area contributed by atoms with E-state index in [1.165, 1.54) is 5.57 Å². The van der Waals surface area contributed by atoms with Crippen molar-refractivity contribution in [2.45, 2.75) is 123 Å². The smallest absolute Gasteiger partial charge is 0.303 e. The van der Waals surface area contributed by atoms with Crippen LogP contribution >= 0.6 is 0 Å². The Balaban J connectivity index is 1.77. The van der Waals surface area contributed by atoms with Crippen molar-refractivity contribution in [3.63, 3.8) is 0 Å². The summed E-state index contributed by atoms with van der Waals surface area (Å²) >= 11 is 0. The quantitative estimate of drug-likeness (QED) is 0.385. The van der Waals surface area contributed by atoms with Crippen LogP contribution in [-0.4, -0.2) is 55.9 Å². The van der Waals surface area contributed by atoms with E-state index < -0.39 is 34.8 Å². The van der Waals surface area contributed by atoms with E-state index in [0.29, 0.717) is 19.3 Å². The fourth-order valence-corrected chi connectivity index (χ4v) is 9.48. The molecule has 1 saturated heterocycles. The molecule has 3 fully saturated rings. The van der Waals surface area contributed by atoms with Crippen molar-refractivity contribution in [3.8, 4) is 0 Å². The Hall–Kier alpha value is -1.21. The summed E-state index contributed by atoms with van der Waals surface area (Å²) in [6, 6.07) is 0. The van der Waals surface area contributed by atoms with Gasteiger partial charge in [0, 0.05) is 18.3 Å². The predicted molar refractivity (Wildman–Crippen MR) is 139 cm³/mol. The topological polar surface area (TPSA) is 107 Å². The standard InChI is InChI=1S/C30H48O6/c1-17(2)24-20(31)15-19-18(27(24,5)12-11-23(33)34)9-13-28(6)25(21(32)16-29(19,28)7)30(8)14-10-22(36-30)26(3,4)35/h9,19-22,24-25,31-32,35H,1,10-16H2,2-8H3,(H,33,34)/t19?,20-,21-,22-,24+,25-,27+,28+,29-,30+/m0/s1. The number of aliphatic carboxylic acids is 1. The van der Waals surface area contributed by atoms with Crippen LogP contribution in [0.1, 0.15) is 93.4 Å². The number of carbonyl (C=O) groups is 1. The molecule has 3 aliphatic carbocycles. The van der Waals surface area contributed by atoms with E-state index in [4.69, 9.17) is 4.74 Å². The van der Waals surface area contributed by atoms with Gasteiger partial charge in [0.15, 0.2) is 0 Å². The number of aliphatic hydroxyl groups is 3. The highest BCUT2D eigenvalue weighted by Crippen LogP contribution is 2.72. The average molecular weight is 505 g/mol. The first-order valence-corrected chi connectivity index (χ1v) is 13.7.